The second-order valence-electron chi connectivity index (χ2n) is 5.13. The minimum absolute atomic E-state index is 0.00560. The number of aryl methyl sites for hydroxylation is 1. The fourth-order valence-corrected chi connectivity index (χ4v) is 3.75. The fourth-order valence-electron chi connectivity index (χ4n) is 2.87. The van der Waals surface area contributed by atoms with Crippen molar-refractivity contribution in [2.45, 2.75) is 19.4 Å². The summed E-state index contributed by atoms with van der Waals surface area (Å²) in [7, 11) is 0. The Kier molecular flexibility index (Phi) is 3.59. The lowest BCUT2D eigenvalue weighted by molar-refractivity contribution is 0.0672. The molecular formula is C16H18N2OS. The zero-order valence-electron chi connectivity index (χ0n) is 11.5. The van der Waals surface area contributed by atoms with Crippen molar-refractivity contribution in [3.63, 3.8) is 0 Å². The van der Waals surface area contributed by atoms with Crippen LogP contribution < -0.4 is 5.73 Å². The molecule has 1 atom stereocenters. The molecule has 20 heavy (non-hydrogen) atoms. The molecule has 4 heteroatoms. The van der Waals surface area contributed by atoms with E-state index in [1.54, 1.807) is 0 Å². The van der Waals surface area contributed by atoms with Crippen LogP contribution in [0.4, 0.5) is 0 Å². The van der Waals surface area contributed by atoms with Crippen molar-refractivity contribution in [2.75, 3.05) is 13.1 Å². The van der Waals surface area contributed by atoms with Crippen LogP contribution in [-0.4, -0.2) is 23.9 Å². The van der Waals surface area contributed by atoms with Gasteiger partial charge in [0.15, 0.2) is 0 Å². The zero-order chi connectivity index (χ0) is 14.1. The summed E-state index contributed by atoms with van der Waals surface area (Å²) in [6.07, 6.45) is 0.906. The van der Waals surface area contributed by atoms with Crippen LogP contribution in [0.15, 0.2) is 35.7 Å². The first-order valence-electron chi connectivity index (χ1n) is 6.85. The topological polar surface area (TPSA) is 46.3 Å². The summed E-state index contributed by atoms with van der Waals surface area (Å²) in [5.41, 5.74) is 9.51. The Labute approximate surface area is 123 Å². The average molecular weight is 286 g/mol. The van der Waals surface area contributed by atoms with Crippen molar-refractivity contribution in [3.8, 4) is 0 Å². The molecular weight excluding hydrogens is 268 g/mol. The smallest absolute Gasteiger partial charge is 0.264 e. The zero-order valence-corrected chi connectivity index (χ0v) is 12.3. The van der Waals surface area contributed by atoms with E-state index in [0.717, 1.165) is 23.4 Å². The molecule has 1 unspecified atom stereocenters. The number of carbonyl (C=O) groups is 1. The van der Waals surface area contributed by atoms with E-state index in [1.165, 1.54) is 22.5 Å². The van der Waals surface area contributed by atoms with E-state index >= 15 is 0 Å². The molecule has 2 aromatic rings. The van der Waals surface area contributed by atoms with Gasteiger partial charge in [-0.25, -0.2) is 0 Å². The highest BCUT2D eigenvalue weighted by Crippen LogP contribution is 2.31. The molecule has 3 rings (SSSR count). The number of fused-ring (bicyclic) bond motifs is 1. The van der Waals surface area contributed by atoms with Crippen LogP contribution in [0.1, 0.15) is 32.4 Å². The number of benzene rings is 1. The molecule has 1 aromatic carbocycles. The van der Waals surface area contributed by atoms with Crippen LogP contribution in [0.5, 0.6) is 0 Å². The molecule has 0 aliphatic carbocycles. The molecule has 104 valence electrons. The molecule has 0 saturated carbocycles. The van der Waals surface area contributed by atoms with Crippen molar-refractivity contribution < 1.29 is 4.79 Å². The standard InChI is InChI=1S/C16H18N2OS/c1-11-7-9-20-15(11)16(19)18-8-6-12-4-2-3-5-13(12)14(18)10-17/h2-5,7,9,14H,6,8,10,17H2,1H3. The van der Waals surface area contributed by atoms with Crippen LogP contribution in [-0.2, 0) is 6.42 Å². The van der Waals surface area contributed by atoms with E-state index < -0.39 is 0 Å². The molecule has 1 aliphatic rings. The Bertz CT molecular complexity index is 635. The maximum atomic E-state index is 12.7. The SMILES string of the molecule is Cc1ccsc1C(=O)N1CCc2ccccc2C1CN. The lowest BCUT2D eigenvalue weighted by atomic mass is 9.92. The molecule has 1 amide bonds. The summed E-state index contributed by atoms with van der Waals surface area (Å²) >= 11 is 1.51. The molecule has 1 aliphatic heterocycles. The molecule has 2 N–H and O–H groups in total. The largest absolute Gasteiger partial charge is 0.329 e. The third-order valence-corrected chi connectivity index (χ3v) is 4.96. The average Bonchev–Trinajstić information content (AvgIpc) is 2.91. The van der Waals surface area contributed by atoms with E-state index in [2.05, 4.69) is 12.1 Å². The number of hydrogen-bond donors (Lipinski definition) is 1. The molecule has 0 spiro atoms. The van der Waals surface area contributed by atoms with Crippen LogP contribution in [0.25, 0.3) is 0 Å². The molecule has 0 fully saturated rings. The Morgan fingerprint density at radius 2 is 2.20 bits per heavy atom. The normalized spacial score (nSPS) is 17.9. The van der Waals surface area contributed by atoms with Gasteiger partial charge in [0.2, 0.25) is 0 Å². The van der Waals surface area contributed by atoms with Crippen molar-refractivity contribution in [3.05, 3.63) is 57.3 Å². The van der Waals surface area contributed by atoms with Gasteiger partial charge < -0.3 is 10.6 Å². The maximum Gasteiger partial charge on any atom is 0.264 e. The summed E-state index contributed by atoms with van der Waals surface area (Å²) in [6.45, 7) is 3.20. The van der Waals surface area contributed by atoms with Crippen molar-refractivity contribution in [1.82, 2.24) is 4.90 Å². The first kappa shape index (κ1) is 13.3. The highest BCUT2D eigenvalue weighted by molar-refractivity contribution is 7.12. The summed E-state index contributed by atoms with van der Waals surface area (Å²) in [5, 5.41) is 1.97. The Morgan fingerprint density at radius 3 is 2.90 bits per heavy atom. The third kappa shape index (κ3) is 2.15. The number of amides is 1. The number of thiophene rings is 1. The Morgan fingerprint density at radius 1 is 1.40 bits per heavy atom. The Balaban J connectivity index is 1.96. The van der Waals surface area contributed by atoms with Crippen LogP contribution in [0, 0.1) is 6.92 Å². The van der Waals surface area contributed by atoms with Crippen molar-refractivity contribution >= 4 is 17.2 Å². The Hall–Kier alpha value is -1.65. The third-order valence-electron chi connectivity index (χ3n) is 3.95. The predicted molar refractivity (Wildman–Crippen MR) is 82.0 cm³/mol. The van der Waals surface area contributed by atoms with Gasteiger partial charge >= 0.3 is 0 Å². The molecule has 1 aromatic heterocycles. The van der Waals surface area contributed by atoms with Crippen molar-refractivity contribution in [1.29, 1.82) is 0 Å². The minimum atomic E-state index is -0.00560. The van der Waals surface area contributed by atoms with E-state index in [9.17, 15) is 4.79 Å². The highest BCUT2D eigenvalue weighted by Gasteiger charge is 2.31. The van der Waals surface area contributed by atoms with Crippen LogP contribution in [0.3, 0.4) is 0 Å². The van der Waals surface area contributed by atoms with Gasteiger partial charge in [-0.05, 0) is 41.5 Å². The molecule has 2 heterocycles. The monoisotopic (exact) mass is 286 g/mol. The minimum Gasteiger partial charge on any atom is -0.329 e. The molecule has 0 saturated heterocycles. The molecule has 0 bridgehead atoms. The summed E-state index contributed by atoms with van der Waals surface area (Å²) in [6, 6.07) is 10.3. The number of rotatable bonds is 2. The van der Waals surface area contributed by atoms with Gasteiger partial charge in [0.25, 0.3) is 5.91 Å². The summed E-state index contributed by atoms with van der Waals surface area (Å²) in [5.74, 6) is 0.113. The number of hydrogen-bond acceptors (Lipinski definition) is 3. The fraction of sp³-hybridized carbons (Fsp3) is 0.312. The predicted octanol–water partition coefficient (Wildman–Crippen LogP) is 2.75. The van der Waals surface area contributed by atoms with E-state index in [1.807, 2.05) is 35.4 Å². The second kappa shape index (κ2) is 5.38. The quantitative estimate of drug-likeness (QED) is 0.922. The van der Waals surface area contributed by atoms with E-state index in [-0.39, 0.29) is 11.9 Å². The van der Waals surface area contributed by atoms with Crippen LogP contribution >= 0.6 is 11.3 Å². The molecule has 3 nitrogen and oxygen atoms in total. The maximum absolute atomic E-state index is 12.7. The van der Waals surface area contributed by atoms with Gasteiger partial charge in [0.05, 0.1) is 10.9 Å². The van der Waals surface area contributed by atoms with Crippen molar-refractivity contribution in [2.24, 2.45) is 5.73 Å². The van der Waals surface area contributed by atoms with Crippen LogP contribution in [0.2, 0.25) is 0 Å². The first-order valence-corrected chi connectivity index (χ1v) is 7.73. The second-order valence-corrected chi connectivity index (χ2v) is 6.05. The summed E-state index contributed by atoms with van der Waals surface area (Å²) in [4.78, 5) is 15.5. The number of nitrogens with two attached hydrogens (primary N) is 1. The summed E-state index contributed by atoms with van der Waals surface area (Å²) < 4.78 is 0. The van der Waals surface area contributed by atoms with Gasteiger partial charge in [-0.2, -0.15) is 0 Å². The van der Waals surface area contributed by atoms with E-state index in [4.69, 9.17) is 5.73 Å². The molecule has 0 radical (unpaired) electrons. The van der Waals surface area contributed by atoms with Gasteiger partial charge in [-0.1, -0.05) is 24.3 Å². The number of carbonyl (C=O) groups excluding carboxylic acids is 1. The highest BCUT2D eigenvalue weighted by atomic mass is 32.1. The first-order chi connectivity index (χ1) is 9.72. The lowest BCUT2D eigenvalue weighted by Gasteiger charge is -2.36. The van der Waals surface area contributed by atoms with Gasteiger partial charge in [-0.3, -0.25) is 4.79 Å². The number of nitrogens with zero attached hydrogens (tertiary/aromatic N) is 1. The van der Waals surface area contributed by atoms with Gasteiger partial charge in [0, 0.05) is 13.1 Å². The van der Waals surface area contributed by atoms with Gasteiger partial charge in [-0.15, -0.1) is 11.3 Å². The van der Waals surface area contributed by atoms with E-state index in [0.29, 0.717) is 6.54 Å². The van der Waals surface area contributed by atoms with Gasteiger partial charge in [0.1, 0.15) is 0 Å². The lowest BCUT2D eigenvalue weighted by Crippen LogP contribution is -2.43.